The fourth-order valence-electron chi connectivity index (χ4n) is 4.10. The van der Waals surface area contributed by atoms with E-state index in [-0.39, 0.29) is 0 Å². The van der Waals surface area contributed by atoms with Crippen molar-refractivity contribution >= 4 is 11.4 Å². The summed E-state index contributed by atoms with van der Waals surface area (Å²) in [5, 5.41) is 0. The molecule has 1 fully saturated rings. The number of hydrogen-bond acceptors (Lipinski definition) is 2. The van der Waals surface area contributed by atoms with Crippen LogP contribution in [0.3, 0.4) is 0 Å². The fraction of sp³-hybridized carbons (Fsp3) is 0.647. The van der Waals surface area contributed by atoms with E-state index in [2.05, 4.69) is 30.0 Å². The standard InChI is InChI=1S/C17H26N2/c1-2-13-7-3-4-10-16(13)19-12-6-8-14-15(18)9-5-11-17(14)19/h5,9,11,13,16H,2-4,6-8,10,12,18H2,1H3. The van der Waals surface area contributed by atoms with Crippen LogP contribution in [0.1, 0.15) is 51.0 Å². The molecule has 2 atom stereocenters. The number of rotatable bonds is 2. The van der Waals surface area contributed by atoms with Gasteiger partial charge in [-0.25, -0.2) is 0 Å². The van der Waals surface area contributed by atoms with Crippen LogP contribution in [0.2, 0.25) is 0 Å². The Balaban J connectivity index is 1.92. The molecule has 0 aromatic heterocycles. The summed E-state index contributed by atoms with van der Waals surface area (Å²) in [6.45, 7) is 3.57. The molecule has 2 N–H and O–H groups in total. The van der Waals surface area contributed by atoms with Crippen molar-refractivity contribution in [2.45, 2.75) is 57.9 Å². The molecule has 2 unspecified atom stereocenters. The lowest BCUT2D eigenvalue weighted by molar-refractivity contribution is 0.282. The summed E-state index contributed by atoms with van der Waals surface area (Å²) >= 11 is 0. The van der Waals surface area contributed by atoms with Crippen LogP contribution in [0.15, 0.2) is 18.2 Å². The second-order valence-corrected chi connectivity index (χ2v) is 6.16. The molecule has 0 saturated heterocycles. The van der Waals surface area contributed by atoms with Crippen molar-refractivity contribution in [3.8, 4) is 0 Å². The maximum absolute atomic E-state index is 6.17. The maximum atomic E-state index is 6.17. The first-order chi connectivity index (χ1) is 9.31. The van der Waals surface area contributed by atoms with E-state index in [1.54, 1.807) is 0 Å². The molecular formula is C17H26N2. The Labute approximate surface area is 117 Å². The van der Waals surface area contributed by atoms with Gasteiger partial charge in [0.25, 0.3) is 0 Å². The zero-order valence-electron chi connectivity index (χ0n) is 12.1. The Morgan fingerprint density at radius 3 is 2.89 bits per heavy atom. The SMILES string of the molecule is CCC1CCCCC1N1CCCc2c(N)cccc21. The van der Waals surface area contributed by atoms with Crippen LogP contribution in [0.5, 0.6) is 0 Å². The third kappa shape index (κ3) is 2.33. The van der Waals surface area contributed by atoms with Gasteiger partial charge in [0.05, 0.1) is 0 Å². The summed E-state index contributed by atoms with van der Waals surface area (Å²) in [5.74, 6) is 0.876. The van der Waals surface area contributed by atoms with Crippen LogP contribution in [-0.2, 0) is 6.42 Å². The van der Waals surface area contributed by atoms with Crippen molar-refractivity contribution in [1.82, 2.24) is 0 Å². The van der Waals surface area contributed by atoms with E-state index in [4.69, 9.17) is 5.73 Å². The number of nitrogens with two attached hydrogens (primary N) is 1. The average Bonchev–Trinajstić information content (AvgIpc) is 2.47. The van der Waals surface area contributed by atoms with Crippen molar-refractivity contribution in [2.75, 3.05) is 17.2 Å². The lowest BCUT2D eigenvalue weighted by atomic mass is 9.80. The van der Waals surface area contributed by atoms with E-state index < -0.39 is 0 Å². The predicted molar refractivity (Wildman–Crippen MR) is 82.6 cm³/mol. The molecule has 2 aliphatic rings. The first-order valence-electron chi connectivity index (χ1n) is 7.95. The van der Waals surface area contributed by atoms with Crippen molar-refractivity contribution in [2.24, 2.45) is 5.92 Å². The molecule has 1 aromatic carbocycles. The molecule has 0 radical (unpaired) electrons. The van der Waals surface area contributed by atoms with Gasteiger partial charge in [0.1, 0.15) is 0 Å². The number of fused-ring (bicyclic) bond motifs is 1. The molecule has 2 nitrogen and oxygen atoms in total. The highest BCUT2D eigenvalue weighted by molar-refractivity contribution is 5.66. The molecule has 1 heterocycles. The van der Waals surface area contributed by atoms with E-state index in [0.717, 1.165) is 24.1 Å². The molecular weight excluding hydrogens is 232 g/mol. The summed E-state index contributed by atoms with van der Waals surface area (Å²) in [5.41, 5.74) is 9.99. The highest BCUT2D eigenvalue weighted by Crippen LogP contribution is 2.38. The second-order valence-electron chi connectivity index (χ2n) is 6.16. The van der Waals surface area contributed by atoms with Crippen LogP contribution < -0.4 is 10.6 Å². The van der Waals surface area contributed by atoms with Gasteiger partial charge >= 0.3 is 0 Å². The minimum absolute atomic E-state index is 0.750. The summed E-state index contributed by atoms with van der Waals surface area (Å²) in [7, 11) is 0. The van der Waals surface area contributed by atoms with E-state index in [0.29, 0.717) is 0 Å². The van der Waals surface area contributed by atoms with Crippen molar-refractivity contribution in [3.63, 3.8) is 0 Å². The highest BCUT2D eigenvalue weighted by Gasteiger charge is 2.31. The molecule has 0 spiro atoms. The molecule has 0 bridgehead atoms. The van der Waals surface area contributed by atoms with E-state index >= 15 is 0 Å². The van der Waals surface area contributed by atoms with Crippen molar-refractivity contribution in [3.05, 3.63) is 23.8 Å². The molecule has 1 aliphatic carbocycles. The van der Waals surface area contributed by atoms with Gasteiger partial charge in [0.2, 0.25) is 0 Å². The molecule has 1 aliphatic heterocycles. The van der Waals surface area contributed by atoms with Crippen LogP contribution in [-0.4, -0.2) is 12.6 Å². The number of nitrogen functional groups attached to an aromatic ring is 1. The molecule has 3 rings (SSSR count). The molecule has 2 heteroatoms. The van der Waals surface area contributed by atoms with Gasteiger partial charge in [-0.2, -0.15) is 0 Å². The molecule has 104 valence electrons. The third-order valence-electron chi connectivity index (χ3n) is 5.12. The second kappa shape index (κ2) is 5.44. The number of nitrogens with zero attached hydrogens (tertiary/aromatic N) is 1. The lowest BCUT2D eigenvalue weighted by Gasteiger charge is -2.44. The zero-order valence-corrected chi connectivity index (χ0v) is 12.1. The van der Waals surface area contributed by atoms with Crippen molar-refractivity contribution in [1.29, 1.82) is 0 Å². The smallest absolute Gasteiger partial charge is 0.0422 e. The van der Waals surface area contributed by atoms with E-state index in [9.17, 15) is 0 Å². The number of benzene rings is 1. The summed E-state index contributed by atoms with van der Waals surface area (Å²) in [6, 6.07) is 7.21. The average molecular weight is 258 g/mol. The van der Waals surface area contributed by atoms with Gasteiger partial charge in [-0.15, -0.1) is 0 Å². The van der Waals surface area contributed by atoms with E-state index in [1.807, 2.05) is 0 Å². The monoisotopic (exact) mass is 258 g/mol. The Morgan fingerprint density at radius 2 is 2.05 bits per heavy atom. The molecule has 1 aromatic rings. The zero-order chi connectivity index (χ0) is 13.2. The first-order valence-corrected chi connectivity index (χ1v) is 7.95. The van der Waals surface area contributed by atoms with Gasteiger partial charge in [-0.1, -0.05) is 32.3 Å². The minimum atomic E-state index is 0.750. The van der Waals surface area contributed by atoms with Crippen LogP contribution in [0.4, 0.5) is 11.4 Å². The normalized spacial score (nSPS) is 27.1. The molecule has 19 heavy (non-hydrogen) atoms. The number of anilines is 2. The molecule has 1 saturated carbocycles. The fourth-order valence-corrected chi connectivity index (χ4v) is 4.10. The predicted octanol–water partition coefficient (Wildman–Crippen LogP) is 3.99. The Kier molecular flexibility index (Phi) is 3.67. The molecule has 0 amide bonds. The van der Waals surface area contributed by atoms with Gasteiger partial charge in [-0.3, -0.25) is 0 Å². The van der Waals surface area contributed by atoms with Gasteiger partial charge in [0.15, 0.2) is 0 Å². The van der Waals surface area contributed by atoms with Gasteiger partial charge in [-0.05, 0) is 49.3 Å². The Hall–Kier alpha value is -1.18. The topological polar surface area (TPSA) is 29.3 Å². The van der Waals surface area contributed by atoms with E-state index in [1.165, 1.54) is 56.3 Å². The summed E-state index contributed by atoms with van der Waals surface area (Å²) < 4.78 is 0. The quantitative estimate of drug-likeness (QED) is 0.813. The first kappa shape index (κ1) is 12.8. The maximum Gasteiger partial charge on any atom is 0.0422 e. The largest absolute Gasteiger partial charge is 0.398 e. The van der Waals surface area contributed by atoms with Gasteiger partial charge in [0, 0.05) is 24.0 Å². The summed E-state index contributed by atoms with van der Waals surface area (Å²) in [6.07, 6.45) is 9.33. The van der Waals surface area contributed by atoms with Gasteiger partial charge < -0.3 is 10.6 Å². The third-order valence-corrected chi connectivity index (χ3v) is 5.12. The lowest BCUT2D eigenvalue weighted by Crippen LogP contribution is -2.45. The van der Waals surface area contributed by atoms with Crippen molar-refractivity contribution < 1.29 is 0 Å². The van der Waals surface area contributed by atoms with Crippen LogP contribution in [0.25, 0.3) is 0 Å². The minimum Gasteiger partial charge on any atom is -0.398 e. The van der Waals surface area contributed by atoms with Crippen LogP contribution in [0, 0.1) is 5.92 Å². The van der Waals surface area contributed by atoms with Crippen LogP contribution >= 0.6 is 0 Å². The highest BCUT2D eigenvalue weighted by atomic mass is 15.2. The Bertz CT molecular complexity index is 441. The Morgan fingerprint density at radius 1 is 1.21 bits per heavy atom. The summed E-state index contributed by atoms with van der Waals surface area (Å²) in [4.78, 5) is 2.68. The number of hydrogen-bond donors (Lipinski definition) is 1.